The molecule has 2 aliphatic heterocycles. The van der Waals surface area contributed by atoms with Gasteiger partial charge in [-0.3, -0.25) is 10.4 Å². The molecule has 0 unspecified atom stereocenters. The van der Waals surface area contributed by atoms with Crippen molar-refractivity contribution in [2.45, 2.75) is 34.1 Å². The largest absolute Gasteiger partial charge is 0.404 e. The molecule has 2 heterocycles. The van der Waals surface area contributed by atoms with Crippen LogP contribution in [-0.4, -0.2) is 49.3 Å². The number of aliphatic imine (C=N–C) groups is 1. The van der Waals surface area contributed by atoms with E-state index in [4.69, 9.17) is 16.6 Å². The zero-order valence-corrected chi connectivity index (χ0v) is 20.2. The summed E-state index contributed by atoms with van der Waals surface area (Å²) >= 11 is 0. The lowest BCUT2D eigenvalue weighted by molar-refractivity contribution is 0.302. The van der Waals surface area contributed by atoms with Crippen LogP contribution in [0.15, 0.2) is 75.6 Å². The number of dihydropyridines is 2. The van der Waals surface area contributed by atoms with E-state index in [0.717, 1.165) is 60.7 Å². The third-order valence-electron chi connectivity index (χ3n) is 5.47. The lowest BCUT2D eigenvalue weighted by Gasteiger charge is -2.25. The number of nitrogens with two attached hydrogens (primary N) is 1. The second-order valence-corrected chi connectivity index (χ2v) is 8.11. The average Bonchev–Trinajstić information content (AvgIpc) is 2.81. The van der Waals surface area contributed by atoms with Gasteiger partial charge in [0, 0.05) is 42.5 Å². The van der Waals surface area contributed by atoms with Gasteiger partial charge in [-0.2, -0.15) is 0 Å². The molecule has 0 fully saturated rings. The number of fused-ring (bicyclic) bond motifs is 1. The third kappa shape index (κ3) is 7.91. The molecule has 0 saturated carbocycles. The Bertz CT molecular complexity index is 924. The highest BCUT2D eigenvalue weighted by atomic mass is 15.1. The van der Waals surface area contributed by atoms with Crippen LogP contribution in [0, 0.1) is 16.7 Å². The first-order valence-electron chi connectivity index (χ1n) is 11.5. The molecule has 0 amide bonds. The number of hydrogen-bond donors (Lipinski definition) is 6. The predicted molar refractivity (Wildman–Crippen MR) is 139 cm³/mol. The van der Waals surface area contributed by atoms with Gasteiger partial charge in [-0.25, -0.2) is 0 Å². The van der Waals surface area contributed by atoms with E-state index in [1.165, 1.54) is 6.21 Å². The van der Waals surface area contributed by atoms with Gasteiger partial charge < -0.3 is 32.0 Å². The molecule has 0 saturated heterocycles. The Morgan fingerprint density at radius 2 is 2.00 bits per heavy atom. The van der Waals surface area contributed by atoms with Crippen LogP contribution in [0.5, 0.6) is 0 Å². The van der Waals surface area contributed by atoms with Crippen LogP contribution in [0.4, 0.5) is 0 Å². The van der Waals surface area contributed by atoms with Gasteiger partial charge in [-0.1, -0.05) is 27.7 Å². The fourth-order valence-electron chi connectivity index (χ4n) is 3.37. The topological polar surface area (TPSA) is 125 Å². The Balaban J connectivity index is 1.99. The van der Waals surface area contributed by atoms with Crippen molar-refractivity contribution >= 4 is 18.3 Å². The summed E-state index contributed by atoms with van der Waals surface area (Å²) in [5.74, 6) is 1.09. The molecule has 0 aromatic carbocycles. The summed E-state index contributed by atoms with van der Waals surface area (Å²) in [6.45, 7) is 12.3. The van der Waals surface area contributed by atoms with Crippen molar-refractivity contribution in [3.8, 4) is 0 Å². The zero-order valence-electron chi connectivity index (χ0n) is 20.2. The molecule has 178 valence electrons. The molecule has 0 aromatic rings. The summed E-state index contributed by atoms with van der Waals surface area (Å²) in [7, 11) is 0. The van der Waals surface area contributed by atoms with Crippen molar-refractivity contribution in [1.82, 2.24) is 20.9 Å². The average molecular weight is 451 g/mol. The smallest absolute Gasteiger partial charge is 0.123 e. The van der Waals surface area contributed by atoms with E-state index >= 15 is 0 Å². The van der Waals surface area contributed by atoms with Crippen LogP contribution < -0.4 is 21.7 Å². The molecule has 33 heavy (non-hydrogen) atoms. The third-order valence-corrected chi connectivity index (χ3v) is 5.47. The molecular formula is C25H38N8. The minimum absolute atomic E-state index is 0.183. The molecule has 7 N–H and O–H groups in total. The van der Waals surface area contributed by atoms with Crippen LogP contribution in [-0.2, 0) is 0 Å². The van der Waals surface area contributed by atoms with E-state index in [0.29, 0.717) is 5.82 Å². The fourth-order valence-corrected chi connectivity index (χ4v) is 3.37. The minimum Gasteiger partial charge on any atom is -0.404 e. The van der Waals surface area contributed by atoms with Crippen molar-refractivity contribution in [3.05, 3.63) is 70.6 Å². The number of amidine groups is 1. The van der Waals surface area contributed by atoms with Crippen molar-refractivity contribution < 1.29 is 0 Å². The lowest BCUT2D eigenvalue weighted by atomic mass is 10.0. The van der Waals surface area contributed by atoms with Crippen LogP contribution in [0.25, 0.3) is 0 Å². The maximum Gasteiger partial charge on any atom is 0.123 e. The normalized spacial score (nSPS) is 16.4. The van der Waals surface area contributed by atoms with Crippen molar-refractivity contribution in [2.75, 3.05) is 26.2 Å². The molecule has 0 aromatic heterocycles. The number of allylic oxidation sites excluding steroid dienone is 6. The Hall–Kier alpha value is -3.39. The van der Waals surface area contributed by atoms with Crippen molar-refractivity contribution in [3.63, 3.8) is 0 Å². The van der Waals surface area contributed by atoms with Crippen LogP contribution in [0.2, 0.25) is 0 Å². The van der Waals surface area contributed by atoms with Gasteiger partial charge in [-0.05, 0) is 61.9 Å². The predicted octanol–water partition coefficient (Wildman–Crippen LogP) is 3.13. The van der Waals surface area contributed by atoms with Gasteiger partial charge in [0.05, 0.1) is 11.4 Å². The van der Waals surface area contributed by atoms with Crippen LogP contribution >= 0.6 is 0 Å². The molecule has 0 radical (unpaired) electrons. The zero-order chi connectivity index (χ0) is 24.2. The number of hydrogen-bond acceptors (Lipinski definition) is 7. The van der Waals surface area contributed by atoms with Gasteiger partial charge in [-0.15, -0.1) is 0 Å². The highest BCUT2D eigenvalue weighted by Crippen LogP contribution is 2.21. The standard InChI is InChI=1S/C25H38N8/c1-5-33(6-2)11-7-10-29-16-21(15-27)20-12-23-22(30-17-20)8-9-25(31-23)32-24(28)13-19(14-26)18(3)4/h8-9,12-18,26,30-31H,5-7,10-11,27H2,1-4H3,(H2,28,32). The molecular weight excluding hydrogens is 412 g/mol. The molecule has 2 aliphatic rings. The van der Waals surface area contributed by atoms with Crippen LogP contribution in [0.1, 0.15) is 34.1 Å². The molecule has 0 atom stereocenters. The van der Waals surface area contributed by atoms with E-state index < -0.39 is 0 Å². The molecule has 8 nitrogen and oxygen atoms in total. The molecule has 8 heteroatoms. The van der Waals surface area contributed by atoms with Crippen LogP contribution in [0.3, 0.4) is 0 Å². The second-order valence-electron chi connectivity index (χ2n) is 8.11. The maximum atomic E-state index is 8.20. The van der Waals surface area contributed by atoms with Gasteiger partial charge in [0.2, 0.25) is 0 Å². The highest BCUT2D eigenvalue weighted by molar-refractivity contribution is 5.97. The summed E-state index contributed by atoms with van der Waals surface area (Å²) in [6.07, 6.45) is 15.1. The maximum absolute atomic E-state index is 8.20. The molecule has 0 aliphatic carbocycles. The minimum atomic E-state index is 0.183. The first-order chi connectivity index (χ1) is 15.9. The summed E-state index contributed by atoms with van der Waals surface area (Å²) < 4.78 is 0. The number of nitrogens with zero attached hydrogens (tertiary/aromatic N) is 2. The van der Waals surface area contributed by atoms with E-state index in [1.54, 1.807) is 12.3 Å². The summed E-state index contributed by atoms with van der Waals surface area (Å²) in [5.41, 5.74) is 10.2. The van der Waals surface area contributed by atoms with E-state index in [1.807, 2.05) is 44.5 Å². The Morgan fingerprint density at radius 1 is 1.24 bits per heavy atom. The second kappa shape index (κ2) is 13.2. The van der Waals surface area contributed by atoms with Crippen molar-refractivity contribution in [1.29, 1.82) is 10.8 Å². The monoisotopic (exact) mass is 450 g/mol. The molecule has 0 spiro atoms. The summed E-state index contributed by atoms with van der Waals surface area (Å²) in [6, 6.07) is 0. The molecule has 0 bridgehead atoms. The quantitative estimate of drug-likeness (QED) is 0.155. The van der Waals surface area contributed by atoms with Gasteiger partial charge >= 0.3 is 0 Å². The van der Waals surface area contributed by atoms with E-state index in [-0.39, 0.29) is 11.8 Å². The Kier molecular flexibility index (Phi) is 10.4. The summed E-state index contributed by atoms with van der Waals surface area (Å²) in [5, 5.41) is 25.3. The fraction of sp³-hybridized carbons (Fsp3) is 0.400. The van der Waals surface area contributed by atoms with E-state index in [9.17, 15) is 0 Å². The number of nitrogens with one attached hydrogen (secondary N) is 5. The molecule has 2 rings (SSSR count). The number of rotatable bonds is 12. The van der Waals surface area contributed by atoms with Crippen molar-refractivity contribution in [2.24, 2.45) is 16.6 Å². The summed E-state index contributed by atoms with van der Waals surface area (Å²) in [4.78, 5) is 6.95. The Labute approximate surface area is 197 Å². The van der Waals surface area contributed by atoms with E-state index in [2.05, 4.69) is 39.7 Å². The Morgan fingerprint density at radius 3 is 2.64 bits per heavy atom. The van der Waals surface area contributed by atoms with Gasteiger partial charge in [0.25, 0.3) is 0 Å². The van der Waals surface area contributed by atoms with Gasteiger partial charge in [0.15, 0.2) is 0 Å². The first kappa shape index (κ1) is 25.9. The SMILES string of the molecule is CCN(CC)CCCN=CC(=CN)C1=CNC2=CC=C(NC(=N)C=C(C=N)C(C)C)NC2=C1. The lowest BCUT2D eigenvalue weighted by Crippen LogP contribution is -2.34. The van der Waals surface area contributed by atoms with Gasteiger partial charge in [0.1, 0.15) is 11.7 Å². The highest BCUT2D eigenvalue weighted by Gasteiger charge is 2.17. The first-order valence-corrected chi connectivity index (χ1v) is 11.5.